The number of benzene rings is 2. The molecule has 4 rings (SSSR count). The van der Waals surface area contributed by atoms with Gasteiger partial charge in [0, 0.05) is 36.8 Å². The zero-order valence-corrected chi connectivity index (χ0v) is 17.7. The van der Waals surface area contributed by atoms with E-state index in [9.17, 15) is 10.1 Å². The zero-order chi connectivity index (χ0) is 21.4. The maximum absolute atomic E-state index is 13.5. The summed E-state index contributed by atoms with van der Waals surface area (Å²) in [6, 6.07) is 19.6. The maximum Gasteiger partial charge on any atom is 0.162 e. The molecule has 0 unspecified atom stereocenters. The Kier molecular flexibility index (Phi) is 5.38. The highest BCUT2D eigenvalue weighted by molar-refractivity contribution is 6.30. The largest absolute Gasteiger partial charge is 0.383 e. The molecule has 0 saturated carbocycles. The van der Waals surface area contributed by atoms with Gasteiger partial charge >= 0.3 is 0 Å². The SMILES string of the molecule is CN(C)N1C(N)=C(C#N)[C@@H](c2cccc(Cl)c2)C2=C1C[C@@H](c1ccccc1)CC2=O. The van der Waals surface area contributed by atoms with Crippen LogP contribution in [0.3, 0.4) is 0 Å². The van der Waals surface area contributed by atoms with Crippen LogP contribution in [-0.2, 0) is 4.79 Å². The molecule has 0 spiro atoms. The lowest BCUT2D eigenvalue weighted by Gasteiger charge is -2.43. The second-order valence-electron chi connectivity index (χ2n) is 7.86. The van der Waals surface area contributed by atoms with Crippen LogP contribution in [0.15, 0.2) is 77.3 Å². The number of carbonyl (C=O) groups is 1. The first kappa shape index (κ1) is 20.2. The summed E-state index contributed by atoms with van der Waals surface area (Å²) in [5.74, 6) is -0.0459. The average Bonchev–Trinajstić information content (AvgIpc) is 2.73. The Labute approximate surface area is 181 Å². The smallest absolute Gasteiger partial charge is 0.162 e. The molecule has 152 valence electrons. The lowest BCUT2D eigenvalue weighted by molar-refractivity contribution is -0.117. The van der Waals surface area contributed by atoms with Gasteiger partial charge in [0.05, 0.1) is 17.6 Å². The predicted molar refractivity (Wildman–Crippen MR) is 117 cm³/mol. The van der Waals surface area contributed by atoms with Gasteiger partial charge in [0.1, 0.15) is 5.82 Å². The molecule has 0 saturated heterocycles. The number of nitrogens with zero attached hydrogens (tertiary/aromatic N) is 3. The predicted octanol–water partition coefficient (Wildman–Crippen LogP) is 4.31. The van der Waals surface area contributed by atoms with Gasteiger partial charge in [-0.3, -0.25) is 9.80 Å². The van der Waals surface area contributed by atoms with Crippen molar-refractivity contribution in [2.45, 2.75) is 24.7 Å². The lowest BCUT2D eigenvalue weighted by atomic mass is 9.72. The number of allylic oxidation sites excluding steroid dienone is 3. The zero-order valence-electron chi connectivity index (χ0n) is 17.0. The summed E-state index contributed by atoms with van der Waals surface area (Å²) >= 11 is 6.24. The third-order valence-electron chi connectivity index (χ3n) is 5.79. The van der Waals surface area contributed by atoms with E-state index in [-0.39, 0.29) is 11.7 Å². The van der Waals surface area contributed by atoms with Crippen molar-refractivity contribution in [3.63, 3.8) is 0 Å². The summed E-state index contributed by atoms with van der Waals surface area (Å²) < 4.78 is 0. The van der Waals surface area contributed by atoms with Gasteiger partial charge in [-0.25, -0.2) is 5.01 Å². The molecular weight excluding hydrogens is 396 g/mol. The third kappa shape index (κ3) is 3.39. The van der Waals surface area contributed by atoms with Gasteiger partial charge in [0.25, 0.3) is 0 Å². The average molecular weight is 419 g/mol. The van der Waals surface area contributed by atoms with Gasteiger partial charge in [-0.15, -0.1) is 0 Å². The molecule has 2 aliphatic rings. The molecule has 5 nitrogen and oxygen atoms in total. The molecule has 0 fully saturated rings. The van der Waals surface area contributed by atoms with Crippen LogP contribution in [0.25, 0.3) is 0 Å². The van der Waals surface area contributed by atoms with E-state index in [0.29, 0.717) is 34.8 Å². The van der Waals surface area contributed by atoms with Gasteiger partial charge in [-0.1, -0.05) is 54.1 Å². The van der Waals surface area contributed by atoms with Crippen LogP contribution in [-0.4, -0.2) is 29.9 Å². The molecule has 1 aliphatic carbocycles. The molecule has 0 aromatic heterocycles. The highest BCUT2D eigenvalue weighted by Gasteiger charge is 2.43. The van der Waals surface area contributed by atoms with E-state index in [2.05, 4.69) is 18.2 Å². The number of rotatable bonds is 3. The molecule has 2 N–H and O–H groups in total. The summed E-state index contributed by atoms with van der Waals surface area (Å²) in [5, 5.41) is 14.2. The number of hydrogen-bond acceptors (Lipinski definition) is 5. The number of ketones is 1. The van der Waals surface area contributed by atoms with Gasteiger partial charge in [-0.2, -0.15) is 5.26 Å². The van der Waals surface area contributed by atoms with Crippen LogP contribution in [0.5, 0.6) is 0 Å². The molecule has 0 amide bonds. The highest BCUT2D eigenvalue weighted by atomic mass is 35.5. The summed E-state index contributed by atoms with van der Waals surface area (Å²) in [5.41, 5.74) is 10.3. The van der Waals surface area contributed by atoms with E-state index in [0.717, 1.165) is 16.8 Å². The number of hydrogen-bond donors (Lipinski definition) is 1. The fraction of sp³-hybridized carbons (Fsp3) is 0.250. The van der Waals surface area contributed by atoms with E-state index < -0.39 is 5.92 Å². The number of nitrogens with two attached hydrogens (primary N) is 1. The molecule has 30 heavy (non-hydrogen) atoms. The number of carbonyl (C=O) groups excluding carboxylic acids is 1. The molecule has 2 aromatic carbocycles. The topological polar surface area (TPSA) is 73.4 Å². The number of halogens is 1. The van der Waals surface area contributed by atoms with Crippen molar-refractivity contribution in [3.8, 4) is 6.07 Å². The second-order valence-corrected chi connectivity index (χ2v) is 8.29. The Bertz CT molecular complexity index is 1100. The van der Waals surface area contributed by atoms with E-state index in [1.165, 1.54) is 0 Å². The van der Waals surface area contributed by atoms with Crippen molar-refractivity contribution in [1.82, 2.24) is 10.0 Å². The Morgan fingerprint density at radius 3 is 2.43 bits per heavy atom. The number of hydrazine groups is 1. The first-order valence-corrected chi connectivity index (χ1v) is 10.2. The molecule has 6 heteroatoms. The van der Waals surface area contributed by atoms with Crippen LogP contribution in [0, 0.1) is 11.3 Å². The number of Topliss-reactive ketones (excluding diaryl/α,β-unsaturated/α-hetero) is 1. The normalized spacial score (nSPS) is 21.7. The Hall–Kier alpha value is -3.07. The van der Waals surface area contributed by atoms with Crippen LogP contribution < -0.4 is 5.73 Å². The summed E-state index contributed by atoms with van der Waals surface area (Å²) in [7, 11) is 3.73. The lowest BCUT2D eigenvalue weighted by Crippen LogP contribution is -2.46. The first-order chi connectivity index (χ1) is 14.4. The summed E-state index contributed by atoms with van der Waals surface area (Å²) in [4.78, 5) is 13.5. The van der Waals surface area contributed by atoms with Gasteiger partial charge in [0.15, 0.2) is 5.78 Å². The van der Waals surface area contributed by atoms with Crippen molar-refractivity contribution in [2.24, 2.45) is 5.73 Å². The van der Waals surface area contributed by atoms with Gasteiger partial charge < -0.3 is 5.73 Å². The summed E-state index contributed by atoms with van der Waals surface area (Å²) in [6.45, 7) is 0. The van der Waals surface area contributed by atoms with E-state index in [1.54, 1.807) is 6.07 Å². The minimum atomic E-state index is -0.510. The van der Waals surface area contributed by atoms with Crippen molar-refractivity contribution in [2.75, 3.05) is 14.1 Å². The Morgan fingerprint density at radius 1 is 1.10 bits per heavy atom. The van der Waals surface area contributed by atoms with E-state index in [4.69, 9.17) is 17.3 Å². The fourth-order valence-corrected chi connectivity index (χ4v) is 4.75. The monoisotopic (exact) mass is 418 g/mol. The number of nitriles is 1. The first-order valence-electron chi connectivity index (χ1n) is 9.86. The van der Waals surface area contributed by atoms with Crippen LogP contribution in [0.4, 0.5) is 0 Å². The highest BCUT2D eigenvalue weighted by Crippen LogP contribution is 2.48. The van der Waals surface area contributed by atoms with Crippen LogP contribution in [0.1, 0.15) is 35.8 Å². The molecule has 1 aliphatic heterocycles. The van der Waals surface area contributed by atoms with Crippen molar-refractivity contribution in [1.29, 1.82) is 5.26 Å². The molecule has 0 bridgehead atoms. The van der Waals surface area contributed by atoms with Crippen LogP contribution >= 0.6 is 11.6 Å². The minimum Gasteiger partial charge on any atom is -0.383 e. The Morgan fingerprint density at radius 2 is 1.80 bits per heavy atom. The van der Waals surface area contributed by atoms with E-state index >= 15 is 0 Å². The standard InChI is InChI=1S/C24H23ClN4O/c1-28(2)29-20-12-17(15-7-4-3-5-8-15)13-21(30)23(20)22(19(14-26)24(29)27)16-9-6-10-18(25)11-16/h3-11,17,22H,12-13,27H2,1-2H3/t17-,22-/m1/s1. The second kappa shape index (κ2) is 7.98. The molecule has 0 radical (unpaired) electrons. The summed E-state index contributed by atoms with van der Waals surface area (Å²) in [6.07, 6.45) is 1.07. The molecule has 2 aromatic rings. The molecular formula is C24H23ClN4O. The molecule has 1 heterocycles. The van der Waals surface area contributed by atoms with Gasteiger partial charge in [0.2, 0.25) is 0 Å². The van der Waals surface area contributed by atoms with Crippen molar-refractivity contribution in [3.05, 3.63) is 93.4 Å². The van der Waals surface area contributed by atoms with Crippen molar-refractivity contribution >= 4 is 17.4 Å². The van der Waals surface area contributed by atoms with Crippen LogP contribution in [0.2, 0.25) is 5.02 Å². The third-order valence-corrected chi connectivity index (χ3v) is 6.03. The molecule has 2 atom stereocenters. The van der Waals surface area contributed by atoms with E-state index in [1.807, 2.05) is 60.5 Å². The minimum absolute atomic E-state index is 0.0437. The quantitative estimate of drug-likeness (QED) is 0.803. The maximum atomic E-state index is 13.5. The Balaban J connectivity index is 1.90. The fourth-order valence-electron chi connectivity index (χ4n) is 4.55. The van der Waals surface area contributed by atoms with Crippen molar-refractivity contribution < 1.29 is 4.79 Å². The van der Waals surface area contributed by atoms with Gasteiger partial charge in [-0.05, 0) is 35.6 Å².